The number of ether oxygens (including phenoxy) is 2. The normalized spacial score (nSPS) is 15.6. The van der Waals surface area contributed by atoms with Crippen molar-refractivity contribution in [1.82, 2.24) is 5.32 Å². The number of hydrogen-bond donors (Lipinski definition) is 2. The van der Waals surface area contributed by atoms with Crippen molar-refractivity contribution in [3.8, 4) is 11.5 Å². The van der Waals surface area contributed by atoms with E-state index in [-0.39, 0.29) is 0 Å². The lowest BCUT2D eigenvalue weighted by Gasteiger charge is -2.23. The summed E-state index contributed by atoms with van der Waals surface area (Å²) >= 11 is 0. The number of carbonyl (C=O) groups excluding carboxylic acids is 1. The quantitative estimate of drug-likeness (QED) is 0.796. The lowest BCUT2D eigenvalue weighted by Crippen LogP contribution is -2.24. The standard InChI is InChI=1S/C14H18N2O3/c1-3-19-13-6-9-4-5-16-11(8-14(15)17)10(9)7-12(13)18-2/h6-8,16H,3-5H2,1-2H3,(H2,15,17)/b11-8-. The van der Waals surface area contributed by atoms with Crippen LogP contribution >= 0.6 is 0 Å². The Morgan fingerprint density at radius 3 is 2.89 bits per heavy atom. The summed E-state index contributed by atoms with van der Waals surface area (Å²) in [5.74, 6) is 0.909. The van der Waals surface area contributed by atoms with Crippen molar-refractivity contribution in [2.75, 3.05) is 20.3 Å². The molecule has 1 aromatic rings. The van der Waals surface area contributed by atoms with Gasteiger partial charge in [0.15, 0.2) is 11.5 Å². The molecule has 1 aromatic carbocycles. The number of rotatable bonds is 4. The zero-order valence-corrected chi connectivity index (χ0v) is 11.2. The average molecular weight is 262 g/mol. The van der Waals surface area contributed by atoms with E-state index in [1.807, 2.05) is 19.1 Å². The molecular formula is C14H18N2O3. The van der Waals surface area contributed by atoms with E-state index in [0.29, 0.717) is 12.4 Å². The number of benzene rings is 1. The van der Waals surface area contributed by atoms with Crippen LogP contribution < -0.4 is 20.5 Å². The topological polar surface area (TPSA) is 73.6 Å². The second kappa shape index (κ2) is 5.65. The fraction of sp³-hybridized carbons (Fsp3) is 0.357. The largest absolute Gasteiger partial charge is 0.493 e. The Bertz CT molecular complexity index is 524. The molecule has 0 fully saturated rings. The number of nitrogens with one attached hydrogen (secondary N) is 1. The molecule has 2 rings (SSSR count). The highest BCUT2D eigenvalue weighted by Gasteiger charge is 2.18. The Hall–Kier alpha value is -2.17. The van der Waals surface area contributed by atoms with Crippen molar-refractivity contribution >= 4 is 11.6 Å². The average Bonchev–Trinajstić information content (AvgIpc) is 2.38. The van der Waals surface area contributed by atoms with Crippen LogP contribution in [0, 0.1) is 0 Å². The lowest BCUT2D eigenvalue weighted by atomic mass is 9.97. The minimum absolute atomic E-state index is 0.469. The van der Waals surface area contributed by atoms with Crippen LogP contribution in [0.1, 0.15) is 18.1 Å². The molecule has 102 valence electrons. The third-order valence-electron chi connectivity index (χ3n) is 2.98. The monoisotopic (exact) mass is 262 g/mol. The molecule has 0 aliphatic carbocycles. The summed E-state index contributed by atoms with van der Waals surface area (Å²) in [5.41, 5.74) is 8.01. The van der Waals surface area contributed by atoms with Gasteiger partial charge in [-0.05, 0) is 31.0 Å². The third-order valence-corrected chi connectivity index (χ3v) is 2.98. The molecule has 1 heterocycles. The highest BCUT2D eigenvalue weighted by Crippen LogP contribution is 2.34. The van der Waals surface area contributed by atoms with Crippen molar-refractivity contribution in [2.24, 2.45) is 5.73 Å². The first-order chi connectivity index (χ1) is 9.15. The van der Waals surface area contributed by atoms with Crippen LogP contribution in [0.2, 0.25) is 0 Å². The van der Waals surface area contributed by atoms with Gasteiger partial charge in [-0.2, -0.15) is 0 Å². The van der Waals surface area contributed by atoms with Gasteiger partial charge < -0.3 is 20.5 Å². The van der Waals surface area contributed by atoms with Crippen LogP contribution in [-0.4, -0.2) is 26.2 Å². The predicted molar refractivity (Wildman–Crippen MR) is 73.0 cm³/mol. The molecule has 0 saturated heterocycles. The molecule has 0 aromatic heterocycles. The van der Waals surface area contributed by atoms with E-state index in [2.05, 4.69) is 5.32 Å². The van der Waals surface area contributed by atoms with E-state index < -0.39 is 5.91 Å². The van der Waals surface area contributed by atoms with Crippen LogP contribution in [-0.2, 0) is 11.2 Å². The predicted octanol–water partition coefficient (Wildman–Crippen LogP) is 1.07. The SMILES string of the molecule is CCOc1cc2c(cc1OC)/C(=C/C(N)=O)NCC2. The molecule has 19 heavy (non-hydrogen) atoms. The molecule has 0 radical (unpaired) electrons. The van der Waals surface area contributed by atoms with Crippen molar-refractivity contribution in [3.63, 3.8) is 0 Å². The molecule has 0 spiro atoms. The number of hydrogen-bond acceptors (Lipinski definition) is 4. The first kappa shape index (κ1) is 13.3. The molecular weight excluding hydrogens is 244 g/mol. The zero-order valence-electron chi connectivity index (χ0n) is 11.2. The van der Waals surface area contributed by atoms with Gasteiger partial charge in [-0.15, -0.1) is 0 Å². The van der Waals surface area contributed by atoms with Crippen LogP contribution in [0.15, 0.2) is 18.2 Å². The van der Waals surface area contributed by atoms with Crippen LogP contribution in [0.25, 0.3) is 5.70 Å². The Morgan fingerprint density at radius 1 is 1.47 bits per heavy atom. The van der Waals surface area contributed by atoms with Gasteiger partial charge in [-0.25, -0.2) is 0 Å². The second-order valence-corrected chi connectivity index (χ2v) is 4.23. The Morgan fingerprint density at radius 2 is 2.26 bits per heavy atom. The lowest BCUT2D eigenvalue weighted by molar-refractivity contribution is -0.113. The Labute approximate surface area is 112 Å². The summed E-state index contributed by atoms with van der Waals surface area (Å²) in [6, 6.07) is 3.84. The van der Waals surface area contributed by atoms with Gasteiger partial charge in [-0.1, -0.05) is 0 Å². The summed E-state index contributed by atoms with van der Waals surface area (Å²) in [6.45, 7) is 3.28. The van der Waals surface area contributed by atoms with Gasteiger partial charge in [0, 0.05) is 23.9 Å². The molecule has 0 saturated carbocycles. The first-order valence-corrected chi connectivity index (χ1v) is 6.24. The maximum Gasteiger partial charge on any atom is 0.243 e. The van der Waals surface area contributed by atoms with E-state index >= 15 is 0 Å². The number of primary amides is 1. The Balaban J connectivity index is 2.49. The fourth-order valence-electron chi connectivity index (χ4n) is 2.19. The van der Waals surface area contributed by atoms with Gasteiger partial charge in [0.25, 0.3) is 0 Å². The summed E-state index contributed by atoms with van der Waals surface area (Å²) < 4.78 is 10.9. The van der Waals surface area contributed by atoms with Crippen LogP contribution in [0.5, 0.6) is 11.5 Å². The molecule has 1 aliphatic rings. The van der Waals surface area contributed by atoms with Crippen LogP contribution in [0.3, 0.4) is 0 Å². The second-order valence-electron chi connectivity index (χ2n) is 4.23. The molecule has 0 unspecified atom stereocenters. The van der Waals surface area contributed by atoms with Gasteiger partial charge in [0.1, 0.15) is 0 Å². The van der Waals surface area contributed by atoms with E-state index in [1.54, 1.807) is 7.11 Å². The van der Waals surface area contributed by atoms with Gasteiger partial charge >= 0.3 is 0 Å². The summed E-state index contributed by atoms with van der Waals surface area (Å²) in [5, 5.41) is 3.17. The number of carbonyl (C=O) groups is 1. The van der Waals surface area contributed by atoms with Gasteiger partial charge in [0.2, 0.25) is 5.91 Å². The summed E-state index contributed by atoms with van der Waals surface area (Å²) in [7, 11) is 1.60. The molecule has 1 aliphatic heterocycles. The number of nitrogens with two attached hydrogens (primary N) is 1. The van der Waals surface area contributed by atoms with Crippen molar-refractivity contribution in [3.05, 3.63) is 29.3 Å². The van der Waals surface area contributed by atoms with E-state index in [4.69, 9.17) is 15.2 Å². The highest BCUT2D eigenvalue weighted by molar-refractivity contribution is 5.94. The molecule has 0 atom stereocenters. The summed E-state index contributed by atoms with van der Waals surface area (Å²) in [6.07, 6.45) is 2.27. The maximum atomic E-state index is 11.1. The molecule has 5 nitrogen and oxygen atoms in total. The first-order valence-electron chi connectivity index (χ1n) is 6.24. The van der Waals surface area contributed by atoms with E-state index in [9.17, 15) is 4.79 Å². The Kier molecular flexibility index (Phi) is 3.94. The fourth-order valence-corrected chi connectivity index (χ4v) is 2.19. The van der Waals surface area contributed by atoms with Crippen molar-refractivity contribution in [2.45, 2.75) is 13.3 Å². The smallest absolute Gasteiger partial charge is 0.243 e. The van der Waals surface area contributed by atoms with E-state index in [1.165, 1.54) is 6.08 Å². The number of amides is 1. The zero-order chi connectivity index (χ0) is 13.8. The van der Waals surface area contributed by atoms with Crippen LogP contribution in [0.4, 0.5) is 0 Å². The third kappa shape index (κ3) is 2.81. The number of methoxy groups -OCH3 is 1. The van der Waals surface area contributed by atoms with Crippen molar-refractivity contribution in [1.29, 1.82) is 0 Å². The minimum atomic E-state index is -0.469. The molecule has 1 amide bonds. The highest BCUT2D eigenvalue weighted by atomic mass is 16.5. The van der Waals surface area contributed by atoms with Crippen molar-refractivity contribution < 1.29 is 14.3 Å². The van der Waals surface area contributed by atoms with Gasteiger partial charge in [0.05, 0.1) is 13.7 Å². The minimum Gasteiger partial charge on any atom is -0.493 e. The maximum absolute atomic E-state index is 11.1. The van der Waals surface area contributed by atoms with Gasteiger partial charge in [-0.3, -0.25) is 4.79 Å². The molecule has 5 heteroatoms. The number of fused-ring (bicyclic) bond motifs is 1. The molecule has 0 bridgehead atoms. The summed E-state index contributed by atoms with van der Waals surface area (Å²) in [4.78, 5) is 11.1. The van der Waals surface area contributed by atoms with E-state index in [0.717, 1.165) is 35.5 Å². The molecule has 3 N–H and O–H groups in total.